The van der Waals surface area contributed by atoms with Gasteiger partial charge in [-0.3, -0.25) is 20.1 Å². The van der Waals surface area contributed by atoms with E-state index in [4.69, 9.17) is 15.7 Å². The molecule has 8 nitrogen and oxygen atoms in total. The SMILES string of the molecule is CS(=O)(=O)O.Cc1ccc2c3c1cc(C(=O)NC(=N)N)n3CCC2. The molecule has 0 aliphatic carbocycles. The molecule has 0 saturated carbocycles. The minimum absolute atomic E-state index is 0.309. The second-order valence-corrected chi connectivity index (χ2v) is 7.16. The maximum Gasteiger partial charge on any atom is 0.274 e. The second kappa shape index (κ2) is 6.62. The highest BCUT2D eigenvalue weighted by molar-refractivity contribution is 7.85. The Morgan fingerprint density at radius 1 is 1.42 bits per heavy atom. The zero-order valence-corrected chi connectivity index (χ0v) is 14.3. The Labute approximate surface area is 139 Å². The van der Waals surface area contributed by atoms with E-state index in [9.17, 15) is 13.2 Å². The van der Waals surface area contributed by atoms with Gasteiger partial charge in [0.1, 0.15) is 5.69 Å². The third-order valence-electron chi connectivity index (χ3n) is 3.67. The van der Waals surface area contributed by atoms with Crippen LogP contribution >= 0.6 is 0 Å². The molecule has 0 fully saturated rings. The molecule has 1 amide bonds. The van der Waals surface area contributed by atoms with Gasteiger partial charge in [-0.15, -0.1) is 0 Å². The van der Waals surface area contributed by atoms with Crippen molar-refractivity contribution < 1.29 is 17.8 Å². The lowest BCUT2D eigenvalue weighted by Gasteiger charge is -2.18. The van der Waals surface area contributed by atoms with Crippen molar-refractivity contribution in [2.24, 2.45) is 5.73 Å². The van der Waals surface area contributed by atoms with Crippen molar-refractivity contribution >= 4 is 32.9 Å². The zero-order valence-electron chi connectivity index (χ0n) is 13.5. The first-order chi connectivity index (χ1) is 11.1. The predicted octanol–water partition coefficient (Wildman–Crippen LogP) is 1.02. The van der Waals surface area contributed by atoms with E-state index in [1.54, 1.807) is 0 Å². The number of aryl methyl sites for hydroxylation is 3. The fourth-order valence-corrected chi connectivity index (χ4v) is 2.83. The third kappa shape index (κ3) is 4.12. The fourth-order valence-electron chi connectivity index (χ4n) is 2.83. The topological polar surface area (TPSA) is 138 Å². The van der Waals surface area contributed by atoms with Gasteiger partial charge in [-0.25, -0.2) is 0 Å². The molecule has 1 aliphatic rings. The van der Waals surface area contributed by atoms with E-state index < -0.39 is 10.1 Å². The van der Waals surface area contributed by atoms with Crippen LogP contribution in [0.5, 0.6) is 0 Å². The van der Waals surface area contributed by atoms with Gasteiger partial charge in [0.15, 0.2) is 5.96 Å². The van der Waals surface area contributed by atoms with Gasteiger partial charge in [0.25, 0.3) is 16.0 Å². The maximum absolute atomic E-state index is 12.1. The van der Waals surface area contributed by atoms with E-state index in [0.29, 0.717) is 11.9 Å². The Hall–Kier alpha value is -2.39. The summed E-state index contributed by atoms with van der Waals surface area (Å²) in [5.74, 6) is -0.633. The van der Waals surface area contributed by atoms with Crippen molar-refractivity contribution in [2.45, 2.75) is 26.3 Å². The number of guanidine groups is 1. The van der Waals surface area contributed by atoms with Crippen molar-refractivity contribution in [1.82, 2.24) is 9.88 Å². The van der Waals surface area contributed by atoms with Gasteiger partial charge in [0, 0.05) is 11.9 Å². The largest absolute Gasteiger partial charge is 0.370 e. The Bertz CT molecular complexity index is 907. The van der Waals surface area contributed by atoms with Crippen LogP contribution in [0.3, 0.4) is 0 Å². The zero-order chi connectivity index (χ0) is 18.1. The molecule has 0 atom stereocenters. The van der Waals surface area contributed by atoms with Crippen LogP contribution in [0, 0.1) is 12.3 Å². The van der Waals surface area contributed by atoms with Gasteiger partial charge >= 0.3 is 0 Å². The molecular weight excluding hydrogens is 332 g/mol. The number of benzene rings is 1. The molecular formula is C15H20N4O4S. The molecule has 1 aromatic heterocycles. The first kappa shape index (κ1) is 18.0. The average molecular weight is 352 g/mol. The maximum atomic E-state index is 12.1. The molecule has 2 heterocycles. The number of carbonyl (C=O) groups is 1. The lowest BCUT2D eigenvalue weighted by atomic mass is 10.0. The summed E-state index contributed by atoms with van der Waals surface area (Å²) in [5, 5.41) is 10.6. The number of nitrogens with two attached hydrogens (primary N) is 1. The quantitative estimate of drug-likeness (QED) is 0.345. The molecule has 0 bridgehead atoms. The molecule has 2 aromatic rings. The molecule has 1 aliphatic heterocycles. The Morgan fingerprint density at radius 3 is 2.62 bits per heavy atom. The van der Waals surface area contributed by atoms with E-state index >= 15 is 0 Å². The summed E-state index contributed by atoms with van der Waals surface area (Å²) in [6.45, 7) is 2.88. The van der Waals surface area contributed by atoms with E-state index in [1.165, 1.54) is 5.56 Å². The molecule has 1 aromatic carbocycles. The van der Waals surface area contributed by atoms with Crippen LogP contribution in [-0.2, 0) is 23.1 Å². The van der Waals surface area contributed by atoms with Crippen molar-refractivity contribution in [3.05, 3.63) is 35.0 Å². The van der Waals surface area contributed by atoms with Crippen molar-refractivity contribution in [2.75, 3.05) is 6.26 Å². The number of rotatable bonds is 1. The van der Waals surface area contributed by atoms with Gasteiger partial charge in [0.2, 0.25) is 0 Å². The van der Waals surface area contributed by atoms with Gasteiger partial charge < -0.3 is 10.3 Å². The summed E-state index contributed by atoms with van der Waals surface area (Å²) in [7, 11) is -3.67. The highest BCUT2D eigenvalue weighted by Gasteiger charge is 2.21. The summed E-state index contributed by atoms with van der Waals surface area (Å²) in [5.41, 5.74) is 9.42. The standard InChI is InChI=1S/C14H16N4O.CH4O3S/c1-8-4-5-9-3-2-6-18-11(7-10(8)12(9)18)13(19)17-14(15)16;1-5(2,3)4/h4-5,7H,2-3,6H2,1H3,(H4,15,16,17,19);1H3,(H,2,3,4). The number of carbonyl (C=O) groups excluding carboxylic acids is 1. The van der Waals surface area contributed by atoms with Gasteiger partial charge in [-0.1, -0.05) is 12.1 Å². The third-order valence-corrected chi connectivity index (χ3v) is 3.67. The van der Waals surface area contributed by atoms with Crippen LogP contribution < -0.4 is 11.1 Å². The summed E-state index contributed by atoms with van der Waals surface area (Å²) < 4.78 is 27.9. The highest BCUT2D eigenvalue weighted by atomic mass is 32.2. The smallest absolute Gasteiger partial charge is 0.274 e. The lowest BCUT2D eigenvalue weighted by Crippen LogP contribution is -2.36. The number of nitrogens with one attached hydrogen (secondary N) is 2. The van der Waals surface area contributed by atoms with Crippen LogP contribution in [0.1, 0.15) is 28.0 Å². The summed E-state index contributed by atoms with van der Waals surface area (Å²) in [6, 6.07) is 6.14. The van der Waals surface area contributed by atoms with E-state index in [1.807, 2.05) is 17.6 Å². The molecule has 0 saturated heterocycles. The fraction of sp³-hybridized carbons (Fsp3) is 0.333. The Balaban J connectivity index is 0.000000368. The summed E-state index contributed by atoms with van der Waals surface area (Å²) in [4.78, 5) is 12.1. The molecule has 0 radical (unpaired) electrons. The van der Waals surface area contributed by atoms with E-state index in [2.05, 4.69) is 17.4 Å². The summed E-state index contributed by atoms with van der Waals surface area (Å²) in [6.07, 6.45) is 2.79. The summed E-state index contributed by atoms with van der Waals surface area (Å²) >= 11 is 0. The van der Waals surface area contributed by atoms with Gasteiger partial charge in [-0.2, -0.15) is 8.42 Å². The number of aromatic nitrogens is 1. The molecule has 9 heteroatoms. The van der Waals surface area contributed by atoms with Crippen molar-refractivity contribution in [1.29, 1.82) is 5.41 Å². The minimum atomic E-state index is -3.67. The molecule has 5 N–H and O–H groups in total. The average Bonchev–Trinajstić information content (AvgIpc) is 2.82. The Kier molecular flexibility index (Phi) is 4.95. The number of hydrogen-bond acceptors (Lipinski definition) is 4. The number of hydrogen-bond donors (Lipinski definition) is 4. The van der Waals surface area contributed by atoms with Crippen LogP contribution in [-0.4, -0.2) is 35.7 Å². The molecule has 0 spiro atoms. The van der Waals surface area contributed by atoms with Gasteiger partial charge in [-0.05, 0) is 37.0 Å². The predicted molar refractivity (Wildman–Crippen MR) is 91.8 cm³/mol. The van der Waals surface area contributed by atoms with Crippen LogP contribution in [0.4, 0.5) is 0 Å². The van der Waals surface area contributed by atoms with E-state index in [0.717, 1.165) is 35.9 Å². The monoisotopic (exact) mass is 352 g/mol. The van der Waals surface area contributed by atoms with Crippen LogP contribution in [0.25, 0.3) is 10.9 Å². The van der Waals surface area contributed by atoms with Crippen molar-refractivity contribution in [3.8, 4) is 0 Å². The van der Waals surface area contributed by atoms with Crippen LogP contribution in [0.2, 0.25) is 0 Å². The Morgan fingerprint density at radius 2 is 2.04 bits per heavy atom. The highest BCUT2D eigenvalue weighted by Crippen LogP contribution is 2.30. The first-order valence-corrected chi connectivity index (χ1v) is 9.12. The van der Waals surface area contributed by atoms with Crippen LogP contribution in [0.15, 0.2) is 18.2 Å². The molecule has 24 heavy (non-hydrogen) atoms. The first-order valence-electron chi connectivity index (χ1n) is 7.27. The minimum Gasteiger partial charge on any atom is -0.370 e. The molecule has 3 rings (SSSR count). The second-order valence-electron chi connectivity index (χ2n) is 5.69. The molecule has 0 unspecified atom stereocenters. The van der Waals surface area contributed by atoms with E-state index in [-0.39, 0.29) is 11.9 Å². The molecule has 130 valence electrons. The number of nitrogens with zero attached hydrogens (tertiary/aromatic N) is 1. The lowest BCUT2D eigenvalue weighted by molar-refractivity contribution is 0.0967. The van der Waals surface area contributed by atoms with Crippen molar-refractivity contribution in [3.63, 3.8) is 0 Å². The van der Waals surface area contributed by atoms with Gasteiger partial charge in [0.05, 0.1) is 11.8 Å². The number of amides is 1. The normalized spacial score (nSPS) is 13.1.